The van der Waals surface area contributed by atoms with Crippen LogP contribution in [0, 0.1) is 0 Å². The lowest BCUT2D eigenvalue weighted by atomic mass is 10.2. The number of hydrogen-bond acceptors (Lipinski definition) is 2. The van der Waals surface area contributed by atoms with Crippen LogP contribution in [0.25, 0.3) is 0 Å². The number of carbonyl (C=O) groups excluding carboxylic acids is 2. The largest absolute Gasteiger partial charge is 0.351 e. The van der Waals surface area contributed by atoms with E-state index in [-0.39, 0.29) is 11.9 Å². The maximum absolute atomic E-state index is 11.5. The van der Waals surface area contributed by atoms with Gasteiger partial charge in [0.1, 0.15) is 6.04 Å². The SMILES string of the molecule is CN(C)C(=O)C1CCCN1C(N)=O. The molecule has 1 saturated heterocycles. The Kier molecular flexibility index (Phi) is 2.75. The van der Waals surface area contributed by atoms with E-state index in [9.17, 15) is 9.59 Å². The second-order valence-corrected chi connectivity index (χ2v) is 3.42. The summed E-state index contributed by atoms with van der Waals surface area (Å²) in [5, 5.41) is 0. The van der Waals surface area contributed by atoms with E-state index in [1.165, 1.54) is 9.80 Å². The van der Waals surface area contributed by atoms with Crippen LogP contribution in [0.2, 0.25) is 0 Å². The lowest BCUT2D eigenvalue weighted by Gasteiger charge is -2.24. The van der Waals surface area contributed by atoms with Gasteiger partial charge in [-0.2, -0.15) is 0 Å². The van der Waals surface area contributed by atoms with Crippen molar-refractivity contribution in [1.29, 1.82) is 0 Å². The second kappa shape index (κ2) is 3.64. The van der Waals surface area contributed by atoms with Crippen molar-refractivity contribution < 1.29 is 9.59 Å². The van der Waals surface area contributed by atoms with Gasteiger partial charge in [-0.15, -0.1) is 0 Å². The molecule has 1 aliphatic heterocycles. The van der Waals surface area contributed by atoms with Crippen molar-refractivity contribution in [2.24, 2.45) is 5.73 Å². The Balaban J connectivity index is 2.68. The zero-order chi connectivity index (χ0) is 10.0. The van der Waals surface area contributed by atoms with E-state index in [0.29, 0.717) is 6.54 Å². The summed E-state index contributed by atoms with van der Waals surface area (Å²) in [5.41, 5.74) is 5.14. The minimum atomic E-state index is -0.502. The summed E-state index contributed by atoms with van der Waals surface area (Å²) in [5.74, 6) is -0.0451. The van der Waals surface area contributed by atoms with E-state index >= 15 is 0 Å². The fourth-order valence-corrected chi connectivity index (χ4v) is 1.59. The maximum atomic E-state index is 11.5. The number of amides is 3. The molecule has 0 aromatic heterocycles. The highest BCUT2D eigenvalue weighted by molar-refractivity contribution is 5.86. The van der Waals surface area contributed by atoms with Crippen LogP contribution in [0.5, 0.6) is 0 Å². The van der Waals surface area contributed by atoms with Crippen molar-refractivity contribution in [1.82, 2.24) is 9.80 Å². The molecule has 1 unspecified atom stereocenters. The summed E-state index contributed by atoms with van der Waals surface area (Å²) >= 11 is 0. The molecule has 1 aliphatic rings. The average Bonchev–Trinajstić information content (AvgIpc) is 2.50. The molecular weight excluding hydrogens is 170 g/mol. The number of nitrogens with two attached hydrogens (primary N) is 1. The third-order valence-corrected chi connectivity index (χ3v) is 2.26. The van der Waals surface area contributed by atoms with E-state index in [2.05, 4.69) is 0 Å². The van der Waals surface area contributed by atoms with E-state index in [1.54, 1.807) is 14.1 Å². The van der Waals surface area contributed by atoms with Crippen LogP contribution in [0.1, 0.15) is 12.8 Å². The number of primary amides is 1. The number of rotatable bonds is 1. The third kappa shape index (κ3) is 1.91. The zero-order valence-corrected chi connectivity index (χ0v) is 7.99. The Hall–Kier alpha value is -1.26. The number of likely N-dealkylation sites (N-methyl/N-ethyl adjacent to an activating group) is 1. The summed E-state index contributed by atoms with van der Waals surface area (Å²) in [4.78, 5) is 25.4. The minimum absolute atomic E-state index is 0.0451. The van der Waals surface area contributed by atoms with Gasteiger partial charge in [-0.3, -0.25) is 4.79 Å². The monoisotopic (exact) mass is 185 g/mol. The van der Waals surface area contributed by atoms with Crippen LogP contribution in [-0.2, 0) is 4.79 Å². The molecule has 0 aromatic rings. The first-order valence-electron chi connectivity index (χ1n) is 4.31. The highest BCUT2D eigenvalue weighted by Gasteiger charge is 2.33. The van der Waals surface area contributed by atoms with Crippen LogP contribution in [0.15, 0.2) is 0 Å². The number of likely N-dealkylation sites (tertiary alicyclic amines) is 1. The normalized spacial score (nSPS) is 21.7. The molecule has 0 aromatic carbocycles. The van der Waals surface area contributed by atoms with E-state index in [4.69, 9.17) is 5.73 Å². The number of urea groups is 1. The molecule has 1 rings (SSSR count). The van der Waals surface area contributed by atoms with Crippen LogP contribution < -0.4 is 5.73 Å². The highest BCUT2D eigenvalue weighted by atomic mass is 16.2. The van der Waals surface area contributed by atoms with Gasteiger partial charge in [-0.25, -0.2) is 4.79 Å². The fourth-order valence-electron chi connectivity index (χ4n) is 1.59. The molecule has 3 amide bonds. The molecule has 0 spiro atoms. The average molecular weight is 185 g/mol. The summed E-state index contributed by atoms with van der Waals surface area (Å²) in [7, 11) is 3.36. The number of nitrogens with zero attached hydrogens (tertiary/aromatic N) is 2. The van der Waals surface area contributed by atoms with Crippen LogP contribution in [0.3, 0.4) is 0 Å². The predicted molar refractivity (Wildman–Crippen MR) is 48.0 cm³/mol. The summed E-state index contributed by atoms with van der Waals surface area (Å²) in [6, 6.07) is -0.842. The van der Waals surface area contributed by atoms with Crippen LogP contribution >= 0.6 is 0 Å². The zero-order valence-electron chi connectivity index (χ0n) is 7.99. The Labute approximate surface area is 77.5 Å². The van der Waals surface area contributed by atoms with Gasteiger partial charge in [0.2, 0.25) is 5.91 Å². The number of hydrogen-bond donors (Lipinski definition) is 1. The van der Waals surface area contributed by atoms with Crippen molar-refractivity contribution in [2.45, 2.75) is 18.9 Å². The van der Waals surface area contributed by atoms with E-state index in [0.717, 1.165) is 12.8 Å². The van der Waals surface area contributed by atoms with Gasteiger partial charge in [0.05, 0.1) is 0 Å². The Bertz CT molecular complexity index is 227. The first-order chi connectivity index (χ1) is 6.04. The topological polar surface area (TPSA) is 66.6 Å². The van der Waals surface area contributed by atoms with E-state index < -0.39 is 6.03 Å². The molecule has 5 nitrogen and oxygen atoms in total. The predicted octanol–water partition coefficient (Wildman–Crippen LogP) is -0.382. The Morgan fingerprint density at radius 3 is 2.54 bits per heavy atom. The maximum Gasteiger partial charge on any atom is 0.315 e. The first-order valence-corrected chi connectivity index (χ1v) is 4.31. The second-order valence-electron chi connectivity index (χ2n) is 3.42. The summed E-state index contributed by atoms with van der Waals surface area (Å²) < 4.78 is 0. The molecule has 0 radical (unpaired) electrons. The quantitative estimate of drug-likeness (QED) is 0.605. The molecule has 0 bridgehead atoms. The Morgan fingerprint density at radius 2 is 2.08 bits per heavy atom. The van der Waals surface area contributed by atoms with Gasteiger partial charge in [0.15, 0.2) is 0 Å². The molecule has 13 heavy (non-hydrogen) atoms. The number of carbonyl (C=O) groups is 2. The molecule has 1 atom stereocenters. The van der Waals surface area contributed by atoms with Gasteiger partial charge in [-0.1, -0.05) is 0 Å². The van der Waals surface area contributed by atoms with Gasteiger partial charge in [0, 0.05) is 20.6 Å². The molecule has 5 heteroatoms. The van der Waals surface area contributed by atoms with Crippen molar-refractivity contribution >= 4 is 11.9 Å². The van der Waals surface area contributed by atoms with Crippen molar-refractivity contribution in [3.8, 4) is 0 Å². The molecule has 2 N–H and O–H groups in total. The minimum Gasteiger partial charge on any atom is -0.351 e. The smallest absolute Gasteiger partial charge is 0.315 e. The molecule has 0 saturated carbocycles. The third-order valence-electron chi connectivity index (χ3n) is 2.26. The molecule has 0 aliphatic carbocycles. The van der Waals surface area contributed by atoms with Gasteiger partial charge < -0.3 is 15.5 Å². The highest BCUT2D eigenvalue weighted by Crippen LogP contribution is 2.17. The first kappa shape index (κ1) is 9.83. The lowest BCUT2D eigenvalue weighted by Crippen LogP contribution is -2.47. The standard InChI is InChI=1S/C8H15N3O2/c1-10(2)7(12)6-4-3-5-11(6)8(9)13/h6H,3-5H2,1-2H3,(H2,9,13). The van der Waals surface area contributed by atoms with Crippen LogP contribution in [0.4, 0.5) is 4.79 Å². The van der Waals surface area contributed by atoms with Crippen molar-refractivity contribution in [2.75, 3.05) is 20.6 Å². The lowest BCUT2D eigenvalue weighted by molar-refractivity contribution is -0.132. The van der Waals surface area contributed by atoms with Crippen molar-refractivity contribution in [3.63, 3.8) is 0 Å². The molecular formula is C8H15N3O2. The van der Waals surface area contributed by atoms with Gasteiger partial charge in [-0.05, 0) is 12.8 Å². The van der Waals surface area contributed by atoms with E-state index in [1.807, 2.05) is 0 Å². The van der Waals surface area contributed by atoms with Crippen molar-refractivity contribution in [3.05, 3.63) is 0 Å². The molecule has 74 valence electrons. The Morgan fingerprint density at radius 1 is 1.46 bits per heavy atom. The van der Waals surface area contributed by atoms with Gasteiger partial charge >= 0.3 is 6.03 Å². The summed E-state index contributed by atoms with van der Waals surface area (Å²) in [6.45, 7) is 0.597. The molecule has 1 heterocycles. The summed E-state index contributed by atoms with van der Waals surface area (Å²) in [6.07, 6.45) is 1.58. The fraction of sp³-hybridized carbons (Fsp3) is 0.750. The molecule has 1 fully saturated rings. The van der Waals surface area contributed by atoms with Gasteiger partial charge in [0.25, 0.3) is 0 Å². The van der Waals surface area contributed by atoms with Crippen LogP contribution in [-0.4, -0.2) is 48.4 Å².